The quantitative estimate of drug-likeness (QED) is 0.158. The molecule has 0 aliphatic carbocycles. The molecule has 0 saturated carbocycles. The molecule has 3 heteroatoms. The summed E-state index contributed by atoms with van der Waals surface area (Å²) < 4.78 is 4.89. The van der Waals surface area contributed by atoms with E-state index in [1.807, 2.05) is 0 Å². The van der Waals surface area contributed by atoms with Gasteiger partial charge in [-0.25, -0.2) is 0 Å². The van der Waals surface area contributed by atoms with Crippen molar-refractivity contribution in [1.29, 1.82) is 0 Å². The molecule has 0 fully saturated rings. The van der Waals surface area contributed by atoms with Crippen molar-refractivity contribution < 1.29 is 0 Å². The Morgan fingerprint density at radius 2 is 0.677 bits per heavy atom. The minimum absolute atomic E-state index is 1.12. The SMILES string of the molecule is c1ccc(-n2c3ccccc3c3ccc(-n4c5ccccc5c5c(N(c6ccc7ccc8cccc9ccc6c7c89)c6ccc7ccc8cccc9ccc6c7c89)cccc54)cc32)cc1. The summed E-state index contributed by atoms with van der Waals surface area (Å²) in [6, 6.07) is 83.6. The number of aromatic nitrogens is 2. The summed E-state index contributed by atoms with van der Waals surface area (Å²) in [5.74, 6) is 0. The highest BCUT2D eigenvalue weighted by Gasteiger charge is 2.26. The van der Waals surface area contributed by atoms with Crippen LogP contribution in [0.4, 0.5) is 17.1 Å². The summed E-state index contributed by atoms with van der Waals surface area (Å²) in [6.45, 7) is 0. The third-order valence-corrected chi connectivity index (χ3v) is 14.3. The zero-order valence-corrected chi connectivity index (χ0v) is 35.2. The topological polar surface area (TPSA) is 13.1 Å². The lowest BCUT2D eigenvalue weighted by molar-refractivity contribution is 1.15. The van der Waals surface area contributed by atoms with Crippen molar-refractivity contribution in [2.45, 2.75) is 0 Å². The second kappa shape index (κ2) is 12.9. The molecule has 0 aliphatic rings. The van der Waals surface area contributed by atoms with Crippen LogP contribution in [-0.2, 0) is 0 Å². The van der Waals surface area contributed by atoms with E-state index in [0.717, 1.165) is 34.0 Å². The van der Waals surface area contributed by atoms with Gasteiger partial charge in [-0.1, -0.05) is 164 Å². The number of para-hydroxylation sites is 3. The summed E-state index contributed by atoms with van der Waals surface area (Å²) >= 11 is 0. The average molecular weight is 824 g/mol. The lowest BCUT2D eigenvalue weighted by Crippen LogP contribution is -2.12. The average Bonchev–Trinajstić information content (AvgIpc) is 3.89. The molecule has 0 bridgehead atoms. The number of anilines is 3. The maximum Gasteiger partial charge on any atom is 0.0562 e. The minimum Gasteiger partial charge on any atom is -0.309 e. The number of hydrogen-bond acceptors (Lipinski definition) is 1. The van der Waals surface area contributed by atoms with E-state index in [4.69, 9.17) is 0 Å². The van der Waals surface area contributed by atoms with Crippen molar-refractivity contribution >= 4 is 125 Å². The van der Waals surface area contributed by atoms with Crippen LogP contribution in [0.25, 0.3) is 120 Å². The first-order valence-electron chi connectivity index (χ1n) is 22.5. The summed E-state index contributed by atoms with van der Waals surface area (Å²) in [5, 5.41) is 20.2. The molecule has 0 spiro atoms. The molecule has 0 amide bonds. The number of benzene rings is 13. The summed E-state index contributed by atoms with van der Waals surface area (Å²) in [4.78, 5) is 2.58. The maximum absolute atomic E-state index is 2.58. The van der Waals surface area contributed by atoms with Crippen molar-refractivity contribution in [2.24, 2.45) is 0 Å². The van der Waals surface area contributed by atoms with Crippen LogP contribution in [0.1, 0.15) is 0 Å². The Morgan fingerprint density at radius 1 is 0.231 bits per heavy atom. The predicted molar refractivity (Wildman–Crippen MR) is 277 cm³/mol. The van der Waals surface area contributed by atoms with E-state index >= 15 is 0 Å². The fraction of sp³-hybridized carbons (Fsp3) is 0. The highest BCUT2D eigenvalue weighted by Crippen LogP contribution is 2.51. The van der Waals surface area contributed by atoms with Crippen LogP contribution in [0.5, 0.6) is 0 Å². The molecule has 65 heavy (non-hydrogen) atoms. The number of hydrogen-bond donors (Lipinski definition) is 0. The molecule has 0 N–H and O–H groups in total. The Labute approximate surface area is 373 Å². The van der Waals surface area contributed by atoms with Gasteiger partial charge in [0.2, 0.25) is 0 Å². The molecular formula is C62H37N3. The molecule has 2 aromatic heterocycles. The molecule has 15 rings (SSSR count). The fourth-order valence-electron chi connectivity index (χ4n) is 11.6. The van der Waals surface area contributed by atoms with Gasteiger partial charge < -0.3 is 14.0 Å². The minimum atomic E-state index is 1.12. The lowest BCUT2D eigenvalue weighted by atomic mass is 9.91. The van der Waals surface area contributed by atoms with Crippen LogP contribution in [0.15, 0.2) is 224 Å². The highest BCUT2D eigenvalue weighted by molar-refractivity contribution is 6.29. The Bertz CT molecular complexity index is 4240. The summed E-state index contributed by atoms with van der Waals surface area (Å²) in [6.07, 6.45) is 0. The number of rotatable bonds is 5. The molecule has 0 radical (unpaired) electrons. The molecule has 0 unspecified atom stereocenters. The van der Waals surface area contributed by atoms with Gasteiger partial charge in [0.1, 0.15) is 0 Å². The first-order valence-corrected chi connectivity index (χ1v) is 22.5. The molecule has 3 nitrogen and oxygen atoms in total. The Morgan fingerprint density at radius 3 is 1.31 bits per heavy atom. The Hall–Kier alpha value is -8.66. The molecule has 0 saturated heterocycles. The van der Waals surface area contributed by atoms with Crippen molar-refractivity contribution in [2.75, 3.05) is 4.90 Å². The molecule has 0 aliphatic heterocycles. The molecule has 0 atom stereocenters. The second-order valence-electron chi connectivity index (χ2n) is 17.6. The Kier molecular flexibility index (Phi) is 6.95. The van der Waals surface area contributed by atoms with Gasteiger partial charge in [-0.05, 0) is 115 Å². The van der Waals surface area contributed by atoms with E-state index in [-0.39, 0.29) is 0 Å². The van der Waals surface area contributed by atoms with Crippen LogP contribution >= 0.6 is 0 Å². The highest BCUT2D eigenvalue weighted by atomic mass is 15.2. The first kappa shape index (κ1) is 34.9. The van der Waals surface area contributed by atoms with Gasteiger partial charge in [-0.3, -0.25) is 0 Å². The predicted octanol–water partition coefficient (Wildman–Crippen LogP) is 17.1. The zero-order chi connectivity index (χ0) is 42.3. The summed E-state index contributed by atoms with van der Waals surface area (Å²) in [7, 11) is 0. The largest absolute Gasteiger partial charge is 0.309 e. The maximum atomic E-state index is 2.58. The van der Waals surface area contributed by atoms with E-state index in [9.17, 15) is 0 Å². The second-order valence-corrected chi connectivity index (χ2v) is 17.6. The van der Waals surface area contributed by atoms with Gasteiger partial charge in [0.05, 0.1) is 39.1 Å². The third kappa shape index (κ3) is 4.74. The molecular weight excluding hydrogens is 787 g/mol. The number of fused-ring (bicyclic) bond motifs is 6. The van der Waals surface area contributed by atoms with Crippen LogP contribution in [0.2, 0.25) is 0 Å². The standard InChI is InChI=1S/C62H37N3/c1-2-15-44(16-3-1)63-51-19-6-4-17-46(51)47-34-31-45(37-57(47)63)64-52-20-7-5-18-48(52)62-55(64)21-10-22-56(62)65(53-35-29-42-25-23-38-11-8-13-40-27-32-49(53)60(42)58(38)40)54-36-30-43-26-24-39-12-9-14-41-28-33-50(54)61(43)59(39)41/h1-37H. The van der Waals surface area contributed by atoms with E-state index in [0.29, 0.717) is 0 Å². The van der Waals surface area contributed by atoms with Crippen LogP contribution in [0, 0.1) is 0 Å². The number of nitrogens with zero attached hydrogens (tertiary/aromatic N) is 3. The van der Waals surface area contributed by atoms with E-state index in [1.54, 1.807) is 0 Å². The van der Waals surface area contributed by atoms with Gasteiger partial charge in [-0.15, -0.1) is 0 Å². The van der Waals surface area contributed by atoms with Crippen LogP contribution < -0.4 is 4.90 Å². The van der Waals surface area contributed by atoms with Crippen molar-refractivity contribution in [3.05, 3.63) is 224 Å². The molecule has 15 aromatic rings. The van der Waals surface area contributed by atoms with Crippen molar-refractivity contribution in [3.8, 4) is 11.4 Å². The van der Waals surface area contributed by atoms with Gasteiger partial charge in [0.25, 0.3) is 0 Å². The fourth-order valence-corrected chi connectivity index (χ4v) is 11.6. The smallest absolute Gasteiger partial charge is 0.0562 e. The van der Waals surface area contributed by atoms with E-state index < -0.39 is 0 Å². The van der Waals surface area contributed by atoms with E-state index in [2.05, 4.69) is 238 Å². The monoisotopic (exact) mass is 823 g/mol. The zero-order valence-electron chi connectivity index (χ0n) is 35.2. The lowest BCUT2D eigenvalue weighted by Gasteiger charge is -2.30. The Balaban J connectivity index is 1.06. The van der Waals surface area contributed by atoms with Gasteiger partial charge >= 0.3 is 0 Å². The molecule has 13 aromatic carbocycles. The van der Waals surface area contributed by atoms with E-state index in [1.165, 1.54) is 103 Å². The third-order valence-electron chi connectivity index (χ3n) is 14.3. The van der Waals surface area contributed by atoms with Gasteiger partial charge in [0, 0.05) is 43.7 Å². The van der Waals surface area contributed by atoms with Crippen LogP contribution in [-0.4, -0.2) is 9.13 Å². The first-order chi connectivity index (χ1) is 32.3. The molecule has 2 heterocycles. The summed E-state index contributed by atoms with van der Waals surface area (Å²) in [5.41, 5.74) is 10.4. The van der Waals surface area contributed by atoms with Crippen molar-refractivity contribution in [3.63, 3.8) is 0 Å². The van der Waals surface area contributed by atoms with Gasteiger partial charge in [-0.2, -0.15) is 0 Å². The normalized spacial score (nSPS) is 12.3. The van der Waals surface area contributed by atoms with Gasteiger partial charge in [0.15, 0.2) is 0 Å². The van der Waals surface area contributed by atoms with Crippen molar-refractivity contribution in [1.82, 2.24) is 9.13 Å². The molecule has 300 valence electrons. The van der Waals surface area contributed by atoms with Crippen LogP contribution in [0.3, 0.4) is 0 Å².